The molecule has 8 heteroatoms. The smallest absolute Gasteiger partial charge is 0.305 e. The normalized spacial score (nSPS) is 12.6. The number of amides is 3. The van der Waals surface area contributed by atoms with Crippen molar-refractivity contribution in [3.05, 3.63) is 35.9 Å². The molecule has 8 nitrogen and oxygen atoms in total. The van der Waals surface area contributed by atoms with Crippen molar-refractivity contribution in [1.29, 1.82) is 0 Å². The van der Waals surface area contributed by atoms with Crippen LogP contribution in [0.3, 0.4) is 0 Å². The highest BCUT2D eigenvalue weighted by atomic mass is 16.5. The molecule has 0 saturated carbocycles. The molecule has 1 aromatic rings. The standard InChI is InChI=1S/C17H23N3O5/c1-11(21)19-14(10-12-6-4-3-5-7-12)17(24)20-13(16(18)23)8-9-15(22)25-2/h3-7,13-14H,8-10H2,1-2H3,(H2,18,23)(H,19,21)(H,20,24)/t13-,14+/m1/s1. The van der Waals surface area contributed by atoms with Gasteiger partial charge < -0.3 is 21.1 Å². The summed E-state index contributed by atoms with van der Waals surface area (Å²) in [5, 5.41) is 5.04. The third kappa shape index (κ3) is 7.47. The monoisotopic (exact) mass is 349 g/mol. The topological polar surface area (TPSA) is 128 Å². The maximum Gasteiger partial charge on any atom is 0.305 e. The SMILES string of the molecule is COC(=O)CC[C@@H](NC(=O)[C@H](Cc1ccccc1)NC(C)=O)C(N)=O. The van der Waals surface area contributed by atoms with Crippen LogP contribution in [0.5, 0.6) is 0 Å². The lowest BCUT2D eigenvalue weighted by atomic mass is 10.0. The number of nitrogens with one attached hydrogen (secondary N) is 2. The van der Waals surface area contributed by atoms with Crippen LogP contribution in [0.4, 0.5) is 0 Å². The molecule has 4 N–H and O–H groups in total. The van der Waals surface area contributed by atoms with Crippen molar-refractivity contribution in [3.8, 4) is 0 Å². The summed E-state index contributed by atoms with van der Waals surface area (Å²) in [6.45, 7) is 1.30. The van der Waals surface area contributed by atoms with Crippen molar-refractivity contribution in [2.24, 2.45) is 5.73 Å². The number of rotatable bonds is 9. The number of hydrogen-bond acceptors (Lipinski definition) is 5. The summed E-state index contributed by atoms with van der Waals surface area (Å²) in [6, 6.07) is 7.24. The Balaban J connectivity index is 2.78. The van der Waals surface area contributed by atoms with Gasteiger partial charge in [0.2, 0.25) is 17.7 Å². The molecule has 136 valence electrons. The molecule has 0 bridgehead atoms. The van der Waals surface area contributed by atoms with E-state index in [9.17, 15) is 19.2 Å². The van der Waals surface area contributed by atoms with Crippen LogP contribution in [-0.4, -0.2) is 42.9 Å². The molecular formula is C17H23N3O5. The zero-order valence-electron chi connectivity index (χ0n) is 14.3. The first-order chi connectivity index (χ1) is 11.8. The molecule has 0 saturated heterocycles. The van der Waals surface area contributed by atoms with E-state index in [4.69, 9.17) is 5.73 Å². The summed E-state index contributed by atoms with van der Waals surface area (Å²) in [5.41, 5.74) is 6.12. The second-order valence-electron chi connectivity index (χ2n) is 5.52. The Labute approximate surface area is 146 Å². The van der Waals surface area contributed by atoms with E-state index in [-0.39, 0.29) is 25.2 Å². The number of benzene rings is 1. The van der Waals surface area contributed by atoms with E-state index in [0.29, 0.717) is 0 Å². The lowest BCUT2D eigenvalue weighted by Crippen LogP contribution is -2.53. The highest BCUT2D eigenvalue weighted by Crippen LogP contribution is 2.05. The van der Waals surface area contributed by atoms with Gasteiger partial charge in [0.05, 0.1) is 7.11 Å². The summed E-state index contributed by atoms with van der Waals surface area (Å²) in [4.78, 5) is 46.5. The van der Waals surface area contributed by atoms with E-state index in [2.05, 4.69) is 15.4 Å². The van der Waals surface area contributed by atoms with Gasteiger partial charge in [-0.25, -0.2) is 0 Å². The molecule has 1 aromatic carbocycles. The first-order valence-corrected chi connectivity index (χ1v) is 7.81. The largest absolute Gasteiger partial charge is 0.469 e. The maximum absolute atomic E-state index is 12.5. The first kappa shape index (κ1) is 20.1. The second kappa shape index (κ2) is 10.1. The van der Waals surface area contributed by atoms with E-state index in [0.717, 1.165) is 5.56 Å². The summed E-state index contributed by atoms with van der Waals surface area (Å²) in [7, 11) is 1.23. The van der Waals surface area contributed by atoms with Gasteiger partial charge >= 0.3 is 5.97 Å². The first-order valence-electron chi connectivity index (χ1n) is 7.81. The molecule has 0 aliphatic heterocycles. The minimum atomic E-state index is -1.03. The average Bonchev–Trinajstić information content (AvgIpc) is 2.57. The maximum atomic E-state index is 12.5. The van der Waals surface area contributed by atoms with Gasteiger partial charge in [0.15, 0.2) is 0 Å². The van der Waals surface area contributed by atoms with E-state index in [1.165, 1.54) is 14.0 Å². The van der Waals surface area contributed by atoms with Crippen molar-refractivity contribution in [1.82, 2.24) is 10.6 Å². The van der Waals surface area contributed by atoms with Gasteiger partial charge in [-0.3, -0.25) is 19.2 Å². The Hall–Kier alpha value is -2.90. The molecular weight excluding hydrogens is 326 g/mol. The number of nitrogens with two attached hydrogens (primary N) is 1. The Bertz CT molecular complexity index is 618. The summed E-state index contributed by atoms with van der Waals surface area (Å²) in [6.07, 6.45) is 0.217. The molecule has 0 aliphatic carbocycles. The highest BCUT2D eigenvalue weighted by Gasteiger charge is 2.25. The zero-order valence-corrected chi connectivity index (χ0v) is 14.3. The van der Waals surface area contributed by atoms with Crippen molar-refractivity contribution < 1.29 is 23.9 Å². The van der Waals surface area contributed by atoms with Crippen LogP contribution in [0.2, 0.25) is 0 Å². The lowest BCUT2D eigenvalue weighted by Gasteiger charge is -2.21. The Morgan fingerprint density at radius 2 is 1.72 bits per heavy atom. The van der Waals surface area contributed by atoms with Gasteiger partial charge in [0.1, 0.15) is 12.1 Å². The fourth-order valence-corrected chi connectivity index (χ4v) is 2.23. The fraction of sp³-hybridized carbons (Fsp3) is 0.412. The Morgan fingerprint density at radius 3 is 2.24 bits per heavy atom. The Morgan fingerprint density at radius 1 is 1.08 bits per heavy atom. The summed E-state index contributed by atoms with van der Waals surface area (Å²) < 4.78 is 4.50. The van der Waals surface area contributed by atoms with E-state index < -0.39 is 29.9 Å². The van der Waals surface area contributed by atoms with Crippen molar-refractivity contribution in [2.75, 3.05) is 7.11 Å². The van der Waals surface area contributed by atoms with Crippen LogP contribution in [0, 0.1) is 0 Å². The van der Waals surface area contributed by atoms with Crippen LogP contribution in [0.25, 0.3) is 0 Å². The highest BCUT2D eigenvalue weighted by molar-refractivity contribution is 5.91. The number of esters is 1. The van der Waals surface area contributed by atoms with Gasteiger partial charge in [-0.1, -0.05) is 30.3 Å². The second-order valence-corrected chi connectivity index (χ2v) is 5.52. The van der Waals surface area contributed by atoms with E-state index in [1.54, 1.807) is 0 Å². The minimum absolute atomic E-state index is 0.0197. The van der Waals surface area contributed by atoms with Gasteiger partial charge in [-0.15, -0.1) is 0 Å². The number of methoxy groups -OCH3 is 1. The molecule has 2 atom stereocenters. The van der Waals surface area contributed by atoms with Gasteiger partial charge in [0, 0.05) is 19.8 Å². The van der Waals surface area contributed by atoms with E-state index in [1.807, 2.05) is 30.3 Å². The third-order valence-corrected chi connectivity index (χ3v) is 3.50. The number of carbonyl (C=O) groups excluding carboxylic acids is 4. The van der Waals surface area contributed by atoms with Crippen LogP contribution in [-0.2, 0) is 30.3 Å². The fourth-order valence-electron chi connectivity index (χ4n) is 2.23. The molecule has 3 amide bonds. The Kier molecular flexibility index (Phi) is 8.11. The molecule has 0 aromatic heterocycles. The molecule has 0 fully saturated rings. The molecule has 0 radical (unpaired) electrons. The summed E-state index contributed by atoms with van der Waals surface area (Å²) >= 11 is 0. The van der Waals surface area contributed by atoms with Crippen LogP contribution in [0.15, 0.2) is 30.3 Å². The van der Waals surface area contributed by atoms with Crippen LogP contribution >= 0.6 is 0 Å². The van der Waals surface area contributed by atoms with E-state index >= 15 is 0 Å². The van der Waals surface area contributed by atoms with Gasteiger partial charge in [-0.2, -0.15) is 0 Å². The molecule has 0 aliphatic rings. The van der Waals surface area contributed by atoms with Crippen molar-refractivity contribution in [2.45, 2.75) is 38.3 Å². The quantitative estimate of drug-likeness (QED) is 0.525. The number of carbonyl (C=O) groups is 4. The molecule has 0 spiro atoms. The minimum Gasteiger partial charge on any atom is -0.469 e. The molecule has 0 heterocycles. The molecule has 1 rings (SSSR count). The van der Waals surface area contributed by atoms with Crippen LogP contribution in [0.1, 0.15) is 25.3 Å². The predicted octanol–water partition coefficient (Wildman–Crippen LogP) is -0.343. The third-order valence-electron chi connectivity index (χ3n) is 3.50. The van der Waals surface area contributed by atoms with Crippen molar-refractivity contribution in [3.63, 3.8) is 0 Å². The molecule has 25 heavy (non-hydrogen) atoms. The van der Waals surface area contributed by atoms with Crippen LogP contribution < -0.4 is 16.4 Å². The zero-order chi connectivity index (χ0) is 18.8. The molecule has 0 unspecified atom stereocenters. The number of hydrogen-bond donors (Lipinski definition) is 3. The number of ether oxygens (including phenoxy) is 1. The average molecular weight is 349 g/mol. The van der Waals surface area contributed by atoms with Gasteiger partial charge in [-0.05, 0) is 12.0 Å². The number of primary amides is 1. The van der Waals surface area contributed by atoms with Gasteiger partial charge in [0.25, 0.3) is 0 Å². The van der Waals surface area contributed by atoms with Crippen molar-refractivity contribution >= 4 is 23.7 Å². The lowest BCUT2D eigenvalue weighted by molar-refractivity contribution is -0.141. The summed E-state index contributed by atoms with van der Waals surface area (Å²) in [5.74, 6) is -2.20. The predicted molar refractivity (Wildman–Crippen MR) is 90.1 cm³/mol.